The summed E-state index contributed by atoms with van der Waals surface area (Å²) < 4.78 is 22.0. The lowest BCUT2D eigenvalue weighted by atomic mass is 9.83. The molecule has 0 aliphatic carbocycles. The van der Waals surface area contributed by atoms with Gasteiger partial charge in [-0.2, -0.15) is 5.26 Å². The zero-order chi connectivity index (χ0) is 22.0. The number of rotatable bonds is 6. The van der Waals surface area contributed by atoms with Crippen LogP contribution in [0.25, 0.3) is 11.3 Å². The number of aromatic nitrogens is 2. The minimum Gasteiger partial charge on any atom is -0.497 e. The summed E-state index contributed by atoms with van der Waals surface area (Å²) in [6.07, 6.45) is 0. The van der Waals surface area contributed by atoms with Crippen molar-refractivity contribution in [2.45, 2.75) is 12.8 Å². The maximum Gasteiger partial charge on any atom is 0.244 e. The monoisotopic (exact) mass is 418 g/mol. The number of nitrogens with one attached hydrogen (secondary N) is 1. The first-order valence-corrected chi connectivity index (χ1v) is 9.72. The Kier molecular flexibility index (Phi) is 5.41. The molecule has 0 spiro atoms. The number of nitrogens with two attached hydrogens (primary N) is 1. The lowest BCUT2D eigenvalue weighted by Crippen LogP contribution is -2.21. The number of nitriles is 1. The van der Waals surface area contributed by atoms with Crippen LogP contribution in [0.1, 0.15) is 24.0 Å². The molecule has 1 aromatic heterocycles. The fourth-order valence-electron chi connectivity index (χ4n) is 3.69. The summed E-state index contributed by atoms with van der Waals surface area (Å²) in [5.41, 5.74) is 9.48. The normalized spacial score (nSPS) is 15.0. The SMILES string of the molecule is CCOc1ccc(-c2[nH]nc3c2[C@@H](c2ccc(OC)cc2)C(C#N)=C(N)O3)cc1OC. The molecule has 0 unspecified atom stereocenters. The van der Waals surface area contributed by atoms with Gasteiger partial charge in [-0.1, -0.05) is 12.1 Å². The number of ether oxygens (including phenoxy) is 4. The second-order valence-electron chi connectivity index (χ2n) is 6.81. The van der Waals surface area contributed by atoms with Gasteiger partial charge in [0.2, 0.25) is 11.8 Å². The van der Waals surface area contributed by atoms with E-state index in [0.29, 0.717) is 35.3 Å². The van der Waals surface area contributed by atoms with Crippen LogP contribution >= 0.6 is 0 Å². The van der Waals surface area contributed by atoms with Crippen molar-refractivity contribution >= 4 is 0 Å². The van der Waals surface area contributed by atoms with E-state index in [4.69, 9.17) is 24.7 Å². The van der Waals surface area contributed by atoms with Crippen LogP contribution in [0.5, 0.6) is 23.1 Å². The fourth-order valence-corrected chi connectivity index (χ4v) is 3.69. The molecule has 0 saturated heterocycles. The average Bonchev–Trinajstić information content (AvgIpc) is 3.22. The molecule has 0 bridgehead atoms. The van der Waals surface area contributed by atoms with Gasteiger partial charge in [0.05, 0.1) is 38.0 Å². The third kappa shape index (κ3) is 3.51. The summed E-state index contributed by atoms with van der Waals surface area (Å²) in [4.78, 5) is 0. The molecule has 0 fully saturated rings. The number of methoxy groups -OCH3 is 2. The standard InChI is InChI=1S/C23H22N4O4/c1-4-30-17-10-7-14(11-18(17)29-3)21-20-19(13-5-8-15(28-2)9-6-13)16(12-24)22(25)31-23(20)27-26-21/h5-11,19H,4,25H2,1-3H3,(H,26,27)/t19-/m0/s1. The summed E-state index contributed by atoms with van der Waals surface area (Å²) in [5.74, 6) is 1.88. The molecule has 158 valence electrons. The van der Waals surface area contributed by atoms with Crippen LogP contribution in [0.2, 0.25) is 0 Å². The molecule has 1 atom stereocenters. The summed E-state index contributed by atoms with van der Waals surface area (Å²) in [5, 5.41) is 17.2. The highest BCUT2D eigenvalue weighted by molar-refractivity contribution is 5.73. The van der Waals surface area contributed by atoms with Crippen molar-refractivity contribution in [3.05, 3.63) is 65.0 Å². The van der Waals surface area contributed by atoms with Crippen LogP contribution < -0.4 is 24.7 Å². The molecule has 0 amide bonds. The number of hydrogen-bond donors (Lipinski definition) is 2. The molecule has 8 heteroatoms. The van der Waals surface area contributed by atoms with Gasteiger partial charge in [0.1, 0.15) is 17.4 Å². The maximum atomic E-state index is 9.84. The lowest BCUT2D eigenvalue weighted by Gasteiger charge is -2.24. The summed E-state index contributed by atoms with van der Waals surface area (Å²) >= 11 is 0. The Morgan fingerprint density at radius 3 is 2.55 bits per heavy atom. The van der Waals surface area contributed by atoms with Crippen molar-refractivity contribution in [3.63, 3.8) is 0 Å². The number of H-pyrrole nitrogens is 1. The molecule has 31 heavy (non-hydrogen) atoms. The smallest absolute Gasteiger partial charge is 0.244 e. The molecular formula is C23H22N4O4. The van der Waals surface area contributed by atoms with Crippen LogP contribution in [-0.4, -0.2) is 31.0 Å². The van der Waals surface area contributed by atoms with E-state index in [9.17, 15) is 5.26 Å². The summed E-state index contributed by atoms with van der Waals surface area (Å²) in [6.45, 7) is 2.44. The molecule has 0 radical (unpaired) electrons. The predicted molar refractivity (Wildman–Crippen MR) is 114 cm³/mol. The summed E-state index contributed by atoms with van der Waals surface area (Å²) in [6, 6.07) is 15.3. The Hall–Kier alpha value is -4.12. The third-order valence-corrected chi connectivity index (χ3v) is 5.14. The molecule has 4 rings (SSSR count). The van der Waals surface area contributed by atoms with Gasteiger partial charge in [0.25, 0.3) is 0 Å². The van der Waals surface area contributed by atoms with Crippen molar-refractivity contribution in [1.82, 2.24) is 10.2 Å². The van der Waals surface area contributed by atoms with E-state index in [0.717, 1.165) is 22.4 Å². The summed E-state index contributed by atoms with van der Waals surface area (Å²) in [7, 11) is 3.19. The molecule has 3 N–H and O–H groups in total. The molecule has 1 aliphatic rings. The molecule has 2 aromatic carbocycles. The van der Waals surface area contributed by atoms with Crippen molar-refractivity contribution in [1.29, 1.82) is 5.26 Å². The first-order chi connectivity index (χ1) is 15.1. The second kappa shape index (κ2) is 8.32. The van der Waals surface area contributed by atoms with Crippen molar-refractivity contribution in [3.8, 4) is 40.5 Å². The van der Waals surface area contributed by atoms with Gasteiger partial charge in [-0.05, 0) is 42.8 Å². The largest absolute Gasteiger partial charge is 0.497 e. The third-order valence-electron chi connectivity index (χ3n) is 5.14. The van der Waals surface area contributed by atoms with Crippen LogP contribution in [0.4, 0.5) is 0 Å². The number of nitrogens with zero attached hydrogens (tertiary/aromatic N) is 2. The zero-order valence-corrected chi connectivity index (χ0v) is 17.4. The molecule has 1 aliphatic heterocycles. The Labute approximate surface area is 179 Å². The van der Waals surface area contributed by atoms with Gasteiger partial charge < -0.3 is 24.7 Å². The van der Waals surface area contributed by atoms with Crippen LogP contribution in [0, 0.1) is 11.3 Å². The van der Waals surface area contributed by atoms with E-state index in [1.165, 1.54) is 0 Å². The Morgan fingerprint density at radius 1 is 1.13 bits per heavy atom. The van der Waals surface area contributed by atoms with Gasteiger partial charge in [0, 0.05) is 5.56 Å². The van der Waals surface area contributed by atoms with Crippen LogP contribution in [-0.2, 0) is 0 Å². The van der Waals surface area contributed by atoms with Gasteiger partial charge in [-0.15, -0.1) is 5.10 Å². The molecule has 3 aromatic rings. The minimum atomic E-state index is -0.453. The Bertz CT molecular complexity index is 1180. The van der Waals surface area contributed by atoms with Gasteiger partial charge in [-0.3, -0.25) is 5.10 Å². The van der Waals surface area contributed by atoms with Gasteiger partial charge in [0.15, 0.2) is 11.5 Å². The molecule has 2 heterocycles. The lowest BCUT2D eigenvalue weighted by molar-refractivity contribution is 0.311. The van der Waals surface area contributed by atoms with E-state index in [1.807, 2.05) is 49.4 Å². The number of aromatic amines is 1. The first-order valence-electron chi connectivity index (χ1n) is 9.72. The van der Waals surface area contributed by atoms with Gasteiger partial charge in [-0.25, -0.2) is 0 Å². The van der Waals surface area contributed by atoms with E-state index in [1.54, 1.807) is 14.2 Å². The number of allylic oxidation sites excluding steroid dienone is 1. The van der Waals surface area contributed by atoms with Gasteiger partial charge >= 0.3 is 0 Å². The second-order valence-corrected chi connectivity index (χ2v) is 6.81. The maximum absolute atomic E-state index is 9.84. The quantitative estimate of drug-likeness (QED) is 0.627. The number of hydrogen-bond acceptors (Lipinski definition) is 7. The van der Waals surface area contributed by atoms with Crippen LogP contribution in [0.3, 0.4) is 0 Å². The highest BCUT2D eigenvalue weighted by Crippen LogP contribution is 2.46. The first kappa shape index (κ1) is 20.2. The Balaban J connectivity index is 1.87. The molecule has 0 saturated carbocycles. The van der Waals surface area contributed by atoms with E-state index >= 15 is 0 Å². The van der Waals surface area contributed by atoms with Crippen molar-refractivity contribution < 1.29 is 18.9 Å². The highest BCUT2D eigenvalue weighted by Gasteiger charge is 2.35. The minimum absolute atomic E-state index is 0.0399. The van der Waals surface area contributed by atoms with Crippen LogP contribution in [0.15, 0.2) is 53.9 Å². The van der Waals surface area contributed by atoms with E-state index in [-0.39, 0.29) is 5.88 Å². The van der Waals surface area contributed by atoms with E-state index < -0.39 is 5.92 Å². The number of benzene rings is 2. The molecule has 8 nitrogen and oxygen atoms in total. The number of fused-ring (bicyclic) bond motifs is 1. The van der Waals surface area contributed by atoms with E-state index in [2.05, 4.69) is 16.3 Å². The van der Waals surface area contributed by atoms with Crippen molar-refractivity contribution in [2.75, 3.05) is 20.8 Å². The predicted octanol–water partition coefficient (Wildman–Crippen LogP) is 3.71. The Morgan fingerprint density at radius 2 is 1.90 bits per heavy atom. The fraction of sp³-hybridized carbons (Fsp3) is 0.217. The highest BCUT2D eigenvalue weighted by atomic mass is 16.5. The molecular weight excluding hydrogens is 396 g/mol. The average molecular weight is 418 g/mol. The van der Waals surface area contributed by atoms with Crippen molar-refractivity contribution in [2.24, 2.45) is 5.73 Å². The topological polar surface area (TPSA) is 115 Å². The zero-order valence-electron chi connectivity index (χ0n) is 17.4.